The number of thioether (sulfide) groups is 1. The van der Waals surface area contributed by atoms with Crippen LogP contribution in [0.3, 0.4) is 0 Å². The van der Waals surface area contributed by atoms with Gasteiger partial charge in [0.15, 0.2) is 5.82 Å². The number of nitrogens with zero attached hydrogens (tertiary/aromatic N) is 4. The Labute approximate surface area is 135 Å². The molecule has 0 aliphatic rings. The predicted octanol–water partition coefficient (Wildman–Crippen LogP) is 4.28. The Kier molecular flexibility index (Phi) is 4.36. The van der Waals surface area contributed by atoms with Gasteiger partial charge in [0.05, 0.1) is 10.9 Å². The van der Waals surface area contributed by atoms with Gasteiger partial charge < -0.3 is 0 Å². The zero-order valence-corrected chi connectivity index (χ0v) is 13.8. The van der Waals surface area contributed by atoms with Gasteiger partial charge in [0, 0.05) is 9.37 Å². The van der Waals surface area contributed by atoms with Crippen LogP contribution < -0.4 is 0 Å². The van der Waals surface area contributed by atoms with Crippen LogP contribution in [0.1, 0.15) is 18.0 Å². The van der Waals surface area contributed by atoms with Crippen LogP contribution in [-0.2, 0) is 0 Å². The lowest BCUT2D eigenvalue weighted by Gasteiger charge is -2.11. The standard InChI is InChI=1S/C15H13BrN4S/c1-11(21-14-9-5-6-12(16)10-14)15-17-18-19-20(15)13-7-3-2-4-8-13/h2-11H,1H3. The van der Waals surface area contributed by atoms with Crippen LogP contribution in [0.25, 0.3) is 5.69 Å². The van der Waals surface area contributed by atoms with Crippen LogP contribution in [0.15, 0.2) is 64.0 Å². The van der Waals surface area contributed by atoms with E-state index in [1.54, 1.807) is 16.4 Å². The largest absolute Gasteiger partial charge is 0.196 e. The molecule has 0 radical (unpaired) electrons. The molecule has 1 unspecified atom stereocenters. The summed E-state index contributed by atoms with van der Waals surface area (Å²) < 4.78 is 2.86. The number of halogens is 1. The van der Waals surface area contributed by atoms with E-state index in [0.717, 1.165) is 16.0 Å². The molecule has 3 aromatic rings. The van der Waals surface area contributed by atoms with E-state index < -0.39 is 0 Å². The van der Waals surface area contributed by atoms with Gasteiger partial charge >= 0.3 is 0 Å². The van der Waals surface area contributed by atoms with Crippen molar-refractivity contribution in [3.63, 3.8) is 0 Å². The minimum Gasteiger partial charge on any atom is -0.196 e. The molecule has 0 amide bonds. The molecule has 3 rings (SSSR count). The number of hydrogen-bond donors (Lipinski definition) is 0. The van der Waals surface area contributed by atoms with Gasteiger partial charge in [-0.05, 0) is 47.7 Å². The number of para-hydroxylation sites is 1. The average Bonchev–Trinajstić information content (AvgIpc) is 2.98. The maximum absolute atomic E-state index is 4.18. The highest BCUT2D eigenvalue weighted by molar-refractivity contribution is 9.10. The fraction of sp³-hybridized carbons (Fsp3) is 0.133. The second-order valence-electron chi connectivity index (χ2n) is 4.50. The van der Waals surface area contributed by atoms with E-state index in [-0.39, 0.29) is 5.25 Å². The SMILES string of the molecule is CC(Sc1cccc(Br)c1)c1nnnn1-c1ccccc1. The molecule has 0 fully saturated rings. The molecule has 0 saturated carbocycles. The Morgan fingerprint density at radius 1 is 1.10 bits per heavy atom. The molecule has 1 aromatic heterocycles. The molecule has 0 saturated heterocycles. The Hall–Kier alpha value is -1.66. The second kappa shape index (κ2) is 6.41. The van der Waals surface area contributed by atoms with Crippen molar-refractivity contribution in [3.05, 3.63) is 64.9 Å². The van der Waals surface area contributed by atoms with Gasteiger partial charge in [-0.3, -0.25) is 0 Å². The number of hydrogen-bond acceptors (Lipinski definition) is 4. The van der Waals surface area contributed by atoms with E-state index in [4.69, 9.17) is 0 Å². The van der Waals surface area contributed by atoms with Gasteiger partial charge in [-0.1, -0.05) is 40.2 Å². The van der Waals surface area contributed by atoms with E-state index in [1.807, 2.05) is 42.5 Å². The van der Waals surface area contributed by atoms with Crippen molar-refractivity contribution in [1.29, 1.82) is 0 Å². The predicted molar refractivity (Wildman–Crippen MR) is 87.6 cm³/mol. The molecular weight excluding hydrogens is 348 g/mol. The summed E-state index contributed by atoms with van der Waals surface area (Å²) in [7, 11) is 0. The van der Waals surface area contributed by atoms with Crippen LogP contribution in [0.4, 0.5) is 0 Å². The van der Waals surface area contributed by atoms with E-state index in [0.29, 0.717) is 0 Å². The molecule has 0 bridgehead atoms. The fourth-order valence-electron chi connectivity index (χ4n) is 2.00. The van der Waals surface area contributed by atoms with Crippen molar-refractivity contribution in [2.24, 2.45) is 0 Å². The zero-order chi connectivity index (χ0) is 14.7. The van der Waals surface area contributed by atoms with Crippen LogP contribution in [-0.4, -0.2) is 20.2 Å². The molecule has 106 valence electrons. The van der Waals surface area contributed by atoms with Gasteiger partial charge in [-0.2, -0.15) is 4.68 Å². The summed E-state index contributed by atoms with van der Waals surface area (Å²) in [6.07, 6.45) is 0. The third kappa shape index (κ3) is 3.33. The van der Waals surface area contributed by atoms with Crippen molar-refractivity contribution in [1.82, 2.24) is 20.2 Å². The summed E-state index contributed by atoms with van der Waals surface area (Å²) in [5, 5.41) is 12.2. The number of tetrazole rings is 1. The second-order valence-corrected chi connectivity index (χ2v) is 6.83. The van der Waals surface area contributed by atoms with E-state index in [2.05, 4.69) is 50.5 Å². The fourth-order valence-corrected chi connectivity index (χ4v) is 3.56. The van der Waals surface area contributed by atoms with Crippen LogP contribution in [0, 0.1) is 0 Å². The lowest BCUT2D eigenvalue weighted by Crippen LogP contribution is -2.04. The first-order chi connectivity index (χ1) is 10.2. The highest BCUT2D eigenvalue weighted by Crippen LogP contribution is 2.35. The highest BCUT2D eigenvalue weighted by atomic mass is 79.9. The first kappa shape index (κ1) is 14.3. The third-order valence-corrected chi connectivity index (χ3v) is 4.55. The Morgan fingerprint density at radius 2 is 1.90 bits per heavy atom. The first-order valence-electron chi connectivity index (χ1n) is 6.50. The molecule has 0 aliphatic heterocycles. The number of benzene rings is 2. The van der Waals surface area contributed by atoms with Crippen LogP contribution in [0.5, 0.6) is 0 Å². The van der Waals surface area contributed by atoms with Gasteiger partial charge in [0.2, 0.25) is 0 Å². The molecule has 4 nitrogen and oxygen atoms in total. The molecule has 0 spiro atoms. The number of rotatable bonds is 4. The van der Waals surface area contributed by atoms with E-state index in [9.17, 15) is 0 Å². The molecule has 0 aliphatic carbocycles. The van der Waals surface area contributed by atoms with Gasteiger partial charge in [0.1, 0.15) is 0 Å². The van der Waals surface area contributed by atoms with Crippen LogP contribution >= 0.6 is 27.7 Å². The normalized spacial score (nSPS) is 12.3. The minimum absolute atomic E-state index is 0.148. The zero-order valence-electron chi connectivity index (χ0n) is 11.3. The number of aromatic nitrogens is 4. The van der Waals surface area contributed by atoms with Gasteiger partial charge in [0.25, 0.3) is 0 Å². The van der Waals surface area contributed by atoms with Crippen molar-refractivity contribution in [2.45, 2.75) is 17.1 Å². The molecule has 21 heavy (non-hydrogen) atoms. The molecule has 0 N–H and O–H groups in total. The lowest BCUT2D eigenvalue weighted by atomic mass is 10.3. The minimum atomic E-state index is 0.148. The molecule has 1 heterocycles. The first-order valence-corrected chi connectivity index (χ1v) is 8.17. The maximum atomic E-state index is 4.18. The molecular formula is C15H13BrN4S. The van der Waals surface area contributed by atoms with Gasteiger partial charge in [-0.15, -0.1) is 16.9 Å². The molecule has 6 heteroatoms. The smallest absolute Gasteiger partial charge is 0.169 e. The topological polar surface area (TPSA) is 43.6 Å². The van der Waals surface area contributed by atoms with E-state index >= 15 is 0 Å². The van der Waals surface area contributed by atoms with Crippen molar-refractivity contribution < 1.29 is 0 Å². The summed E-state index contributed by atoms with van der Waals surface area (Å²) in [5.41, 5.74) is 0.971. The Morgan fingerprint density at radius 3 is 2.67 bits per heavy atom. The maximum Gasteiger partial charge on any atom is 0.169 e. The quantitative estimate of drug-likeness (QED) is 0.651. The third-order valence-electron chi connectivity index (χ3n) is 2.97. The summed E-state index contributed by atoms with van der Waals surface area (Å²) in [6.45, 7) is 2.11. The molecule has 1 atom stereocenters. The Balaban J connectivity index is 1.86. The van der Waals surface area contributed by atoms with Crippen molar-refractivity contribution in [3.8, 4) is 5.69 Å². The monoisotopic (exact) mass is 360 g/mol. The summed E-state index contributed by atoms with van der Waals surface area (Å²) in [5.74, 6) is 0.839. The van der Waals surface area contributed by atoms with Crippen molar-refractivity contribution >= 4 is 27.7 Å². The highest BCUT2D eigenvalue weighted by Gasteiger charge is 2.17. The summed E-state index contributed by atoms with van der Waals surface area (Å²) in [6, 6.07) is 18.2. The summed E-state index contributed by atoms with van der Waals surface area (Å²) >= 11 is 5.22. The van der Waals surface area contributed by atoms with Crippen LogP contribution in [0.2, 0.25) is 0 Å². The Bertz CT molecular complexity index is 729. The molecule has 2 aromatic carbocycles. The average molecular weight is 361 g/mol. The summed E-state index contributed by atoms with van der Waals surface area (Å²) in [4.78, 5) is 1.18. The van der Waals surface area contributed by atoms with E-state index in [1.165, 1.54) is 4.90 Å². The lowest BCUT2D eigenvalue weighted by molar-refractivity contribution is 0.763. The van der Waals surface area contributed by atoms with Gasteiger partial charge in [-0.25, -0.2) is 0 Å². The van der Waals surface area contributed by atoms with Crippen molar-refractivity contribution in [2.75, 3.05) is 0 Å².